The van der Waals surface area contributed by atoms with E-state index in [1.54, 1.807) is 0 Å². The molecule has 2 aromatic rings. The Labute approximate surface area is 122 Å². The van der Waals surface area contributed by atoms with Crippen molar-refractivity contribution in [1.82, 2.24) is 5.32 Å². The first-order valence-corrected chi connectivity index (χ1v) is 7.28. The predicted molar refractivity (Wildman–Crippen MR) is 87.3 cm³/mol. The summed E-state index contributed by atoms with van der Waals surface area (Å²) in [7, 11) is 2.03. The number of nitrogens with one attached hydrogen (secondary N) is 1. The monoisotopic (exact) mass is 268 g/mol. The van der Waals surface area contributed by atoms with E-state index >= 15 is 0 Å². The fourth-order valence-corrected chi connectivity index (χ4v) is 2.44. The van der Waals surface area contributed by atoms with E-state index in [4.69, 9.17) is 0 Å². The summed E-state index contributed by atoms with van der Waals surface area (Å²) in [6, 6.07) is 19.7. The number of anilines is 1. The van der Waals surface area contributed by atoms with Crippen molar-refractivity contribution in [3.8, 4) is 0 Å². The zero-order chi connectivity index (χ0) is 14.4. The Morgan fingerprint density at radius 1 is 1.00 bits per heavy atom. The van der Waals surface area contributed by atoms with Gasteiger partial charge in [-0.15, -0.1) is 0 Å². The molecule has 2 rings (SSSR count). The number of nitrogens with zero attached hydrogens (tertiary/aromatic N) is 1. The lowest BCUT2D eigenvalue weighted by atomic mass is 10.1. The Morgan fingerprint density at radius 2 is 1.65 bits per heavy atom. The summed E-state index contributed by atoms with van der Waals surface area (Å²) in [5, 5.41) is 3.42. The molecule has 106 valence electrons. The molecule has 0 fully saturated rings. The number of benzene rings is 2. The van der Waals surface area contributed by atoms with E-state index < -0.39 is 0 Å². The lowest BCUT2D eigenvalue weighted by Gasteiger charge is -2.28. The van der Waals surface area contributed by atoms with Crippen LogP contribution in [0.1, 0.15) is 24.1 Å². The van der Waals surface area contributed by atoms with Gasteiger partial charge in [0.25, 0.3) is 0 Å². The summed E-state index contributed by atoms with van der Waals surface area (Å²) in [5.74, 6) is 0. The lowest BCUT2D eigenvalue weighted by molar-refractivity contribution is 0.577. The first kappa shape index (κ1) is 14.6. The van der Waals surface area contributed by atoms with Crippen LogP contribution in [-0.2, 0) is 0 Å². The number of rotatable bonds is 6. The maximum atomic E-state index is 3.42. The summed E-state index contributed by atoms with van der Waals surface area (Å²) >= 11 is 0. The normalized spacial score (nSPS) is 12.2. The van der Waals surface area contributed by atoms with Crippen LogP contribution >= 0.6 is 0 Å². The van der Waals surface area contributed by atoms with Gasteiger partial charge in [-0.3, -0.25) is 0 Å². The molecule has 0 saturated carbocycles. The molecule has 1 N–H and O–H groups in total. The van der Waals surface area contributed by atoms with Crippen LogP contribution in [0.25, 0.3) is 0 Å². The molecule has 2 aromatic carbocycles. The van der Waals surface area contributed by atoms with Crippen molar-refractivity contribution in [1.29, 1.82) is 0 Å². The Hall–Kier alpha value is -1.80. The molecule has 0 spiro atoms. The van der Waals surface area contributed by atoms with Crippen molar-refractivity contribution in [3.63, 3.8) is 0 Å². The highest BCUT2D eigenvalue weighted by Gasteiger charge is 2.13. The topological polar surface area (TPSA) is 15.3 Å². The van der Waals surface area contributed by atoms with Crippen LogP contribution in [0.2, 0.25) is 0 Å². The van der Waals surface area contributed by atoms with E-state index in [2.05, 4.69) is 78.7 Å². The second-order valence-corrected chi connectivity index (χ2v) is 5.13. The number of hydrogen-bond donors (Lipinski definition) is 1. The molecular formula is C18H24N2. The average Bonchev–Trinajstić information content (AvgIpc) is 2.51. The van der Waals surface area contributed by atoms with Crippen molar-refractivity contribution >= 4 is 5.69 Å². The maximum Gasteiger partial charge on any atom is 0.0495 e. The van der Waals surface area contributed by atoms with Crippen molar-refractivity contribution in [2.45, 2.75) is 19.9 Å². The van der Waals surface area contributed by atoms with Gasteiger partial charge in [0.2, 0.25) is 0 Å². The second-order valence-electron chi connectivity index (χ2n) is 5.13. The molecule has 1 unspecified atom stereocenters. The third-order valence-corrected chi connectivity index (χ3v) is 3.73. The third kappa shape index (κ3) is 3.61. The van der Waals surface area contributed by atoms with Crippen LogP contribution < -0.4 is 10.2 Å². The van der Waals surface area contributed by atoms with E-state index in [0.29, 0.717) is 6.04 Å². The fourth-order valence-electron chi connectivity index (χ4n) is 2.44. The van der Waals surface area contributed by atoms with E-state index in [0.717, 1.165) is 13.1 Å². The summed E-state index contributed by atoms with van der Waals surface area (Å²) in [6.45, 7) is 6.31. The molecule has 0 aromatic heterocycles. The van der Waals surface area contributed by atoms with Gasteiger partial charge in [0, 0.05) is 24.8 Å². The summed E-state index contributed by atoms with van der Waals surface area (Å²) in [5.41, 5.74) is 3.92. The van der Waals surface area contributed by atoms with Gasteiger partial charge >= 0.3 is 0 Å². The Balaban J connectivity index is 2.14. The van der Waals surface area contributed by atoms with Crippen LogP contribution in [0.3, 0.4) is 0 Å². The van der Waals surface area contributed by atoms with Crippen molar-refractivity contribution in [2.75, 3.05) is 25.0 Å². The molecule has 0 aliphatic rings. The minimum atomic E-state index is 0.345. The summed E-state index contributed by atoms with van der Waals surface area (Å²) < 4.78 is 0. The Morgan fingerprint density at radius 3 is 2.20 bits per heavy atom. The van der Waals surface area contributed by atoms with Gasteiger partial charge in [-0.1, -0.05) is 48.0 Å². The zero-order valence-corrected chi connectivity index (χ0v) is 12.6. The highest BCUT2D eigenvalue weighted by molar-refractivity contribution is 5.47. The Bertz CT molecular complexity index is 505. The number of aryl methyl sites for hydroxylation is 1. The van der Waals surface area contributed by atoms with E-state index in [1.807, 2.05) is 7.05 Å². The van der Waals surface area contributed by atoms with Gasteiger partial charge in [-0.05, 0) is 38.6 Å². The standard InChI is InChI=1S/C18H24N2/c1-4-20(17-12-10-15(2)11-13-17)14-18(19-3)16-8-6-5-7-9-16/h5-13,18-19H,4,14H2,1-3H3. The largest absolute Gasteiger partial charge is 0.370 e. The highest BCUT2D eigenvalue weighted by atomic mass is 15.1. The SMILES string of the molecule is CCN(CC(NC)c1ccccc1)c1ccc(C)cc1. The highest BCUT2D eigenvalue weighted by Crippen LogP contribution is 2.20. The van der Waals surface area contributed by atoms with Crippen LogP contribution in [-0.4, -0.2) is 20.1 Å². The third-order valence-electron chi connectivity index (χ3n) is 3.73. The van der Waals surface area contributed by atoms with E-state index in [9.17, 15) is 0 Å². The molecule has 2 heteroatoms. The minimum Gasteiger partial charge on any atom is -0.370 e. The minimum absolute atomic E-state index is 0.345. The van der Waals surface area contributed by atoms with E-state index in [1.165, 1.54) is 16.8 Å². The van der Waals surface area contributed by atoms with Gasteiger partial charge in [0.1, 0.15) is 0 Å². The summed E-state index contributed by atoms with van der Waals surface area (Å²) in [4.78, 5) is 2.41. The van der Waals surface area contributed by atoms with Gasteiger partial charge in [-0.25, -0.2) is 0 Å². The van der Waals surface area contributed by atoms with Crippen molar-refractivity contribution in [2.24, 2.45) is 0 Å². The number of hydrogen-bond acceptors (Lipinski definition) is 2. The first-order chi connectivity index (χ1) is 9.74. The van der Waals surface area contributed by atoms with E-state index in [-0.39, 0.29) is 0 Å². The average molecular weight is 268 g/mol. The lowest BCUT2D eigenvalue weighted by Crippen LogP contribution is -2.33. The molecular weight excluding hydrogens is 244 g/mol. The van der Waals surface area contributed by atoms with Crippen LogP contribution in [0.15, 0.2) is 54.6 Å². The molecule has 1 atom stereocenters. The molecule has 0 heterocycles. The molecule has 0 radical (unpaired) electrons. The molecule has 2 nitrogen and oxygen atoms in total. The second kappa shape index (κ2) is 7.11. The van der Waals surface area contributed by atoms with Gasteiger partial charge in [0.15, 0.2) is 0 Å². The molecule has 0 saturated heterocycles. The fraction of sp³-hybridized carbons (Fsp3) is 0.333. The van der Waals surface area contributed by atoms with Crippen LogP contribution in [0.5, 0.6) is 0 Å². The van der Waals surface area contributed by atoms with Crippen LogP contribution in [0, 0.1) is 6.92 Å². The van der Waals surface area contributed by atoms with Gasteiger partial charge < -0.3 is 10.2 Å². The molecule has 20 heavy (non-hydrogen) atoms. The zero-order valence-electron chi connectivity index (χ0n) is 12.6. The smallest absolute Gasteiger partial charge is 0.0495 e. The maximum absolute atomic E-state index is 3.42. The number of likely N-dealkylation sites (N-methyl/N-ethyl adjacent to an activating group) is 2. The van der Waals surface area contributed by atoms with Crippen molar-refractivity contribution < 1.29 is 0 Å². The summed E-state index contributed by atoms with van der Waals surface area (Å²) in [6.07, 6.45) is 0. The van der Waals surface area contributed by atoms with Crippen LogP contribution in [0.4, 0.5) is 5.69 Å². The molecule has 0 amide bonds. The predicted octanol–water partition coefficient (Wildman–Crippen LogP) is 3.78. The quantitative estimate of drug-likeness (QED) is 0.857. The Kier molecular flexibility index (Phi) is 5.19. The van der Waals surface area contributed by atoms with Crippen molar-refractivity contribution in [3.05, 3.63) is 65.7 Å². The first-order valence-electron chi connectivity index (χ1n) is 7.28. The molecule has 0 bridgehead atoms. The molecule has 0 aliphatic heterocycles. The molecule has 0 aliphatic carbocycles. The van der Waals surface area contributed by atoms with Gasteiger partial charge in [-0.2, -0.15) is 0 Å². The van der Waals surface area contributed by atoms with Gasteiger partial charge in [0.05, 0.1) is 0 Å².